The van der Waals surface area contributed by atoms with Gasteiger partial charge in [-0.25, -0.2) is 0 Å². The number of rotatable bonds is 3. The molecular weight excluding hydrogens is 282 g/mol. The van der Waals surface area contributed by atoms with Gasteiger partial charge in [-0.1, -0.05) is 22.8 Å². The molecule has 96 valence electrons. The third kappa shape index (κ3) is 2.77. The molecule has 0 radical (unpaired) electrons. The number of nitrogens with two attached hydrogens (primary N) is 1. The number of benzene rings is 1. The monoisotopic (exact) mass is 291 g/mol. The maximum Gasteiger partial charge on any atom is 0.258 e. The van der Waals surface area contributed by atoms with Crippen molar-refractivity contribution in [1.29, 1.82) is 0 Å². The van der Waals surface area contributed by atoms with E-state index in [9.17, 15) is 0 Å². The summed E-state index contributed by atoms with van der Waals surface area (Å²) in [5.74, 6) is 1.08. The van der Waals surface area contributed by atoms with Crippen LogP contribution in [0, 0.1) is 0 Å². The van der Waals surface area contributed by atoms with Gasteiger partial charge >= 0.3 is 0 Å². The van der Waals surface area contributed by atoms with Gasteiger partial charge in [-0.3, -0.25) is 0 Å². The van der Waals surface area contributed by atoms with E-state index in [0.29, 0.717) is 28.8 Å². The van der Waals surface area contributed by atoms with E-state index in [2.05, 4.69) is 10.1 Å². The zero-order valence-electron chi connectivity index (χ0n) is 9.84. The number of halogens is 1. The molecule has 0 unspecified atom stereocenters. The second-order valence-electron chi connectivity index (χ2n) is 4.05. The van der Waals surface area contributed by atoms with Crippen LogP contribution in [0.15, 0.2) is 40.2 Å². The van der Waals surface area contributed by atoms with Gasteiger partial charge in [0.05, 0.1) is 0 Å². The summed E-state index contributed by atoms with van der Waals surface area (Å²) in [6, 6.07) is 9.22. The fraction of sp³-hybridized carbons (Fsp3) is 0.0769. The van der Waals surface area contributed by atoms with Crippen LogP contribution >= 0.6 is 22.9 Å². The summed E-state index contributed by atoms with van der Waals surface area (Å²) in [7, 11) is 0. The van der Waals surface area contributed by atoms with Crippen LogP contribution in [0.2, 0.25) is 5.02 Å². The van der Waals surface area contributed by atoms with E-state index < -0.39 is 0 Å². The summed E-state index contributed by atoms with van der Waals surface area (Å²) in [5.41, 5.74) is 7.04. The normalized spacial score (nSPS) is 10.8. The van der Waals surface area contributed by atoms with E-state index in [-0.39, 0.29) is 0 Å². The minimum Gasteiger partial charge on any atom is -0.399 e. The lowest BCUT2D eigenvalue weighted by atomic mass is 10.2. The predicted octanol–water partition coefficient (Wildman–Crippen LogP) is 3.62. The van der Waals surface area contributed by atoms with Gasteiger partial charge in [-0.05, 0) is 29.6 Å². The molecular formula is C13H10ClN3OS. The maximum absolute atomic E-state index is 5.95. The SMILES string of the molecule is Nc1cc(Cl)cc(-c2nc(Cc3cccs3)no2)c1. The molecule has 0 spiro atoms. The Labute approximate surface area is 118 Å². The Morgan fingerprint density at radius 2 is 2.21 bits per heavy atom. The quantitative estimate of drug-likeness (QED) is 0.749. The molecule has 2 heterocycles. The smallest absolute Gasteiger partial charge is 0.258 e. The van der Waals surface area contributed by atoms with Crippen LogP contribution in [0.25, 0.3) is 11.5 Å². The number of nitrogen functional groups attached to an aromatic ring is 1. The summed E-state index contributed by atoms with van der Waals surface area (Å²) >= 11 is 7.62. The second kappa shape index (κ2) is 5.03. The van der Waals surface area contributed by atoms with Crippen molar-refractivity contribution in [3.05, 3.63) is 51.4 Å². The van der Waals surface area contributed by atoms with Crippen LogP contribution in [0.3, 0.4) is 0 Å². The average Bonchev–Trinajstić information content (AvgIpc) is 2.99. The molecule has 0 aliphatic rings. The van der Waals surface area contributed by atoms with Gasteiger partial charge in [0.2, 0.25) is 0 Å². The first-order chi connectivity index (χ1) is 9.20. The topological polar surface area (TPSA) is 64.9 Å². The van der Waals surface area contributed by atoms with Crippen LogP contribution in [0.5, 0.6) is 0 Å². The van der Waals surface area contributed by atoms with E-state index in [1.807, 2.05) is 17.5 Å². The third-order valence-corrected chi connectivity index (χ3v) is 3.64. The molecule has 3 aromatic rings. The molecule has 19 heavy (non-hydrogen) atoms. The van der Waals surface area contributed by atoms with E-state index in [1.54, 1.807) is 29.5 Å². The standard InChI is InChI=1S/C13H10ClN3OS/c14-9-4-8(5-10(15)6-9)13-16-12(17-18-13)7-11-2-1-3-19-11/h1-6H,7,15H2. The van der Waals surface area contributed by atoms with Crippen LogP contribution in [-0.4, -0.2) is 10.1 Å². The fourth-order valence-corrected chi connectivity index (χ4v) is 2.69. The molecule has 0 atom stereocenters. The highest BCUT2D eigenvalue weighted by Gasteiger charge is 2.11. The molecule has 6 heteroatoms. The van der Waals surface area contributed by atoms with Crippen molar-refractivity contribution in [2.75, 3.05) is 5.73 Å². The maximum atomic E-state index is 5.95. The molecule has 0 fully saturated rings. The van der Waals surface area contributed by atoms with Crippen molar-refractivity contribution >= 4 is 28.6 Å². The van der Waals surface area contributed by atoms with Gasteiger partial charge < -0.3 is 10.3 Å². The second-order valence-corrected chi connectivity index (χ2v) is 5.51. The summed E-state index contributed by atoms with van der Waals surface area (Å²) in [4.78, 5) is 5.54. The van der Waals surface area contributed by atoms with Crippen LogP contribution in [0.4, 0.5) is 5.69 Å². The lowest BCUT2D eigenvalue weighted by Gasteiger charge is -1.98. The number of aromatic nitrogens is 2. The molecule has 4 nitrogen and oxygen atoms in total. The molecule has 0 aliphatic carbocycles. The van der Waals surface area contributed by atoms with Crippen molar-refractivity contribution in [3.63, 3.8) is 0 Å². The number of nitrogens with zero attached hydrogens (tertiary/aromatic N) is 2. The Hall–Kier alpha value is -1.85. The summed E-state index contributed by atoms with van der Waals surface area (Å²) < 4.78 is 5.24. The molecule has 0 bridgehead atoms. The Kier molecular flexibility index (Phi) is 3.23. The molecule has 1 aromatic carbocycles. The van der Waals surface area contributed by atoms with Crippen molar-refractivity contribution in [2.24, 2.45) is 0 Å². The summed E-state index contributed by atoms with van der Waals surface area (Å²) in [5, 5.41) is 6.53. The molecule has 3 rings (SSSR count). The Morgan fingerprint density at radius 1 is 1.32 bits per heavy atom. The minimum atomic E-state index is 0.431. The zero-order chi connectivity index (χ0) is 13.2. The van der Waals surface area contributed by atoms with Crippen molar-refractivity contribution < 1.29 is 4.52 Å². The van der Waals surface area contributed by atoms with Crippen LogP contribution in [-0.2, 0) is 6.42 Å². The predicted molar refractivity (Wildman–Crippen MR) is 76.3 cm³/mol. The van der Waals surface area contributed by atoms with Gasteiger partial charge in [0.25, 0.3) is 5.89 Å². The molecule has 0 saturated heterocycles. The van der Waals surface area contributed by atoms with E-state index in [0.717, 1.165) is 5.56 Å². The van der Waals surface area contributed by atoms with Crippen LogP contribution in [0.1, 0.15) is 10.7 Å². The molecule has 0 saturated carbocycles. The largest absolute Gasteiger partial charge is 0.399 e. The summed E-state index contributed by atoms with van der Waals surface area (Å²) in [6.45, 7) is 0. The van der Waals surface area contributed by atoms with Gasteiger partial charge in [-0.2, -0.15) is 4.98 Å². The van der Waals surface area contributed by atoms with E-state index in [1.165, 1.54) is 4.88 Å². The number of hydrogen-bond donors (Lipinski definition) is 1. The molecule has 2 aromatic heterocycles. The average molecular weight is 292 g/mol. The van der Waals surface area contributed by atoms with Crippen LogP contribution < -0.4 is 5.73 Å². The Morgan fingerprint density at radius 3 is 2.95 bits per heavy atom. The Balaban J connectivity index is 1.88. The van der Waals surface area contributed by atoms with Gasteiger partial charge in [0.15, 0.2) is 5.82 Å². The fourth-order valence-electron chi connectivity index (χ4n) is 1.75. The van der Waals surface area contributed by atoms with Gasteiger partial charge in [-0.15, -0.1) is 11.3 Å². The highest BCUT2D eigenvalue weighted by Crippen LogP contribution is 2.25. The van der Waals surface area contributed by atoms with E-state index >= 15 is 0 Å². The highest BCUT2D eigenvalue weighted by atomic mass is 35.5. The minimum absolute atomic E-state index is 0.431. The summed E-state index contributed by atoms with van der Waals surface area (Å²) in [6.07, 6.45) is 0.664. The number of hydrogen-bond acceptors (Lipinski definition) is 5. The van der Waals surface area contributed by atoms with Crippen molar-refractivity contribution in [3.8, 4) is 11.5 Å². The first-order valence-electron chi connectivity index (χ1n) is 5.62. The third-order valence-electron chi connectivity index (χ3n) is 2.55. The van der Waals surface area contributed by atoms with E-state index in [4.69, 9.17) is 21.9 Å². The molecule has 2 N–H and O–H groups in total. The van der Waals surface area contributed by atoms with Gasteiger partial charge in [0, 0.05) is 27.6 Å². The first-order valence-corrected chi connectivity index (χ1v) is 6.88. The van der Waals surface area contributed by atoms with Gasteiger partial charge in [0.1, 0.15) is 0 Å². The first kappa shape index (κ1) is 12.2. The van der Waals surface area contributed by atoms with Crippen molar-refractivity contribution in [1.82, 2.24) is 10.1 Å². The Bertz CT molecular complexity index is 673. The lowest BCUT2D eigenvalue weighted by Crippen LogP contribution is -1.88. The lowest BCUT2D eigenvalue weighted by molar-refractivity contribution is 0.424. The van der Waals surface area contributed by atoms with Crippen molar-refractivity contribution in [2.45, 2.75) is 6.42 Å². The molecule has 0 aliphatic heterocycles. The number of thiophene rings is 1. The number of anilines is 1. The highest BCUT2D eigenvalue weighted by molar-refractivity contribution is 7.09. The molecule has 0 amide bonds. The zero-order valence-corrected chi connectivity index (χ0v) is 11.4.